The average molecular weight is 252 g/mol. The van der Waals surface area contributed by atoms with E-state index in [1.807, 2.05) is 0 Å². The van der Waals surface area contributed by atoms with Crippen LogP contribution in [-0.2, 0) is 13.0 Å². The van der Waals surface area contributed by atoms with Gasteiger partial charge in [0.1, 0.15) is 0 Å². The second-order valence-electron chi connectivity index (χ2n) is 4.90. The van der Waals surface area contributed by atoms with Gasteiger partial charge in [0.2, 0.25) is 0 Å². The van der Waals surface area contributed by atoms with Crippen LogP contribution in [0.1, 0.15) is 36.8 Å². The molecule has 17 heavy (non-hydrogen) atoms. The summed E-state index contributed by atoms with van der Waals surface area (Å²) < 4.78 is 0. The molecule has 0 N–H and O–H groups in total. The molecule has 0 aromatic heterocycles. The van der Waals surface area contributed by atoms with E-state index < -0.39 is 0 Å². The average Bonchev–Trinajstić information content (AvgIpc) is 2.38. The maximum absolute atomic E-state index is 5.67. The van der Waals surface area contributed by atoms with Crippen LogP contribution in [0.3, 0.4) is 0 Å². The number of nitrogens with zero attached hydrogens (tertiary/aromatic N) is 1. The van der Waals surface area contributed by atoms with Gasteiger partial charge in [-0.2, -0.15) is 0 Å². The van der Waals surface area contributed by atoms with Crippen molar-refractivity contribution in [3.05, 3.63) is 35.4 Å². The molecule has 0 aliphatic carbocycles. The first-order valence-corrected chi connectivity index (χ1v) is 7.28. The molecule has 1 aliphatic heterocycles. The van der Waals surface area contributed by atoms with E-state index in [1.54, 1.807) is 5.56 Å². The molecule has 1 aromatic carbocycles. The highest BCUT2D eigenvalue weighted by molar-refractivity contribution is 6.17. The van der Waals surface area contributed by atoms with Crippen LogP contribution in [0.25, 0.3) is 0 Å². The Balaban J connectivity index is 1.71. The Morgan fingerprint density at radius 3 is 2.59 bits per heavy atom. The minimum absolute atomic E-state index is 0.817. The molecule has 1 nitrogen and oxygen atoms in total. The van der Waals surface area contributed by atoms with E-state index in [9.17, 15) is 0 Å². The molecule has 0 radical (unpaired) electrons. The predicted octanol–water partition coefficient (Wildman–Crippen LogP) is 3.84. The van der Waals surface area contributed by atoms with Crippen molar-refractivity contribution >= 4 is 11.6 Å². The lowest BCUT2D eigenvalue weighted by Crippen LogP contribution is -2.31. The van der Waals surface area contributed by atoms with Crippen molar-refractivity contribution in [1.82, 2.24) is 4.90 Å². The largest absolute Gasteiger partial charge is 0.299 e. The van der Waals surface area contributed by atoms with Gasteiger partial charge < -0.3 is 0 Å². The molecule has 0 amide bonds. The van der Waals surface area contributed by atoms with Crippen molar-refractivity contribution < 1.29 is 0 Å². The summed E-state index contributed by atoms with van der Waals surface area (Å²) in [5.74, 6) is 0.817. The Bertz CT molecular complexity index is 337. The Hall–Kier alpha value is -0.530. The van der Waals surface area contributed by atoms with Gasteiger partial charge in [-0.25, -0.2) is 0 Å². The number of alkyl halides is 1. The van der Waals surface area contributed by atoms with Crippen LogP contribution in [0.2, 0.25) is 0 Å². The summed E-state index contributed by atoms with van der Waals surface area (Å²) in [6.07, 6.45) is 6.32. The van der Waals surface area contributed by atoms with Crippen LogP contribution >= 0.6 is 11.6 Å². The third kappa shape index (κ3) is 4.01. The third-order valence-electron chi connectivity index (χ3n) is 3.57. The summed E-state index contributed by atoms with van der Waals surface area (Å²) >= 11 is 5.67. The molecule has 2 heteroatoms. The molecule has 1 aromatic rings. The van der Waals surface area contributed by atoms with Crippen molar-refractivity contribution in [2.75, 3.05) is 19.0 Å². The normalized spacial score (nSPS) is 15.8. The van der Waals surface area contributed by atoms with Crippen LogP contribution in [-0.4, -0.2) is 23.9 Å². The summed E-state index contributed by atoms with van der Waals surface area (Å²) in [4.78, 5) is 2.59. The molecule has 2 rings (SSSR count). The lowest BCUT2D eigenvalue weighted by molar-refractivity contribution is 0.248. The van der Waals surface area contributed by atoms with Crippen molar-refractivity contribution in [1.29, 1.82) is 0 Å². The highest BCUT2D eigenvalue weighted by Crippen LogP contribution is 2.18. The van der Waals surface area contributed by atoms with E-state index in [0.717, 1.165) is 12.4 Å². The van der Waals surface area contributed by atoms with Gasteiger partial charge in [-0.15, -0.1) is 11.6 Å². The van der Waals surface area contributed by atoms with Gasteiger partial charge in [0.25, 0.3) is 0 Å². The fraction of sp³-hybridized carbons (Fsp3) is 0.600. The lowest BCUT2D eigenvalue weighted by Gasteiger charge is -2.28. The van der Waals surface area contributed by atoms with Gasteiger partial charge in [-0.1, -0.05) is 37.1 Å². The number of benzene rings is 1. The Kier molecular flexibility index (Phi) is 5.34. The molecule has 0 saturated heterocycles. The van der Waals surface area contributed by atoms with Gasteiger partial charge in [0.05, 0.1) is 0 Å². The molecule has 0 fully saturated rings. The highest BCUT2D eigenvalue weighted by Gasteiger charge is 2.14. The van der Waals surface area contributed by atoms with E-state index in [-0.39, 0.29) is 0 Å². The summed E-state index contributed by atoms with van der Waals surface area (Å²) in [5.41, 5.74) is 3.07. The van der Waals surface area contributed by atoms with Crippen molar-refractivity contribution in [2.45, 2.75) is 38.6 Å². The highest BCUT2D eigenvalue weighted by atomic mass is 35.5. The molecule has 0 unspecified atom stereocenters. The predicted molar refractivity (Wildman–Crippen MR) is 74.6 cm³/mol. The van der Waals surface area contributed by atoms with Gasteiger partial charge >= 0.3 is 0 Å². The number of unbranched alkanes of at least 4 members (excludes halogenated alkanes) is 3. The smallest absolute Gasteiger partial charge is 0.0236 e. The van der Waals surface area contributed by atoms with Crippen LogP contribution in [0.5, 0.6) is 0 Å². The van der Waals surface area contributed by atoms with E-state index in [1.165, 1.54) is 50.8 Å². The topological polar surface area (TPSA) is 3.24 Å². The maximum Gasteiger partial charge on any atom is 0.0236 e. The molecule has 1 heterocycles. The Morgan fingerprint density at radius 2 is 1.76 bits per heavy atom. The van der Waals surface area contributed by atoms with E-state index >= 15 is 0 Å². The second kappa shape index (κ2) is 7.03. The summed E-state index contributed by atoms with van der Waals surface area (Å²) in [6, 6.07) is 8.85. The van der Waals surface area contributed by atoms with E-state index in [0.29, 0.717) is 0 Å². The molecule has 94 valence electrons. The molecule has 0 bridgehead atoms. The van der Waals surface area contributed by atoms with Gasteiger partial charge in [0, 0.05) is 19.0 Å². The zero-order valence-corrected chi connectivity index (χ0v) is 11.3. The van der Waals surface area contributed by atoms with Crippen molar-refractivity contribution in [3.8, 4) is 0 Å². The Labute approximate surface area is 110 Å². The summed E-state index contributed by atoms with van der Waals surface area (Å²) in [6.45, 7) is 3.62. The van der Waals surface area contributed by atoms with Crippen LogP contribution in [0.4, 0.5) is 0 Å². The molecular formula is C15H22ClN. The van der Waals surface area contributed by atoms with Gasteiger partial charge in [-0.05, 0) is 36.9 Å². The van der Waals surface area contributed by atoms with Crippen LogP contribution in [0.15, 0.2) is 24.3 Å². The first kappa shape index (κ1) is 12.9. The van der Waals surface area contributed by atoms with Gasteiger partial charge in [-0.3, -0.25) is 4.90 Å². The van der Waals surface area contributed by atoms with Crippen molar-refractivity contribution in [2.24, 2.45) is 0 Å². The van der Waals surface area contributed by atoms with E-state index in [4.69, 9.17) is 11.6 Å². The number of rotatable bonds is 6. The first-order valence-electron chi connectivity index (χ1n) is 6.75. The molecule has 0 spiro atoms. The SMILES string of the molecule is ClCCCCCCN1CCc2ccccc2C1. The second-order valence-corrected chi connectivity index (χ2v) is 5.28. The zero-order valence-electron chi connectivity index (χ0n) is 10.5. The summed E-state index contributed by atoms with van der Waals surface area (Å²) in [7, 11) is 0. The van der Waals surface area contributed by atoms with Gasteiger partial charge in [0.15, 0.2) is 0 Å². The monoisotopic (exact) mass is 251 g/mol. The third-order valence-corrected chi connectivity index (χ3v) is 3.83. The number of halogens is 1. The molecule has 1 aliphatic rings. The fourth-order valence-electron chi connectivity index (χ4n) is 2.53. The Morgan fingerprint density at radius 1 is 1.00 bits per heavy atom. The number of hydrogen-bond acceptors (Lipinski definition) is 1. The minimum atomic E-state index is 0.817. The maximum atomic E-state index is 5.67. The molecule has 0 atom stereocenters. The zero-order chi connectivity index (χ0) is 11.9. The van der Waals surface area contributed by atoms with Crippen molar-refractivity contribution in [3.63, 3.8) is 0 Å². The standard InChI is InChI=1S/C15H22ClN/c16-10-5-1-2-6-11-17-12-9-14-7-3-4-8-15(14)13-17/h3-4,7-8H,1-2,5-6,9-13H2. The van der Waals surface area contributed by atoms with Crippen LogP contribution < -0.4 is 0 Å². The lowest BCUT2D eigenvalue weighted by atomic mass is 10.00. The number of fused-ring (bicyclic) bond motifs is 1. The minimum Gasteiger partial charge on any atom is -0.299 e. The van der Waals surface area contributed by atoms with E-state index in [2.05, 4.69) is 29.2 Å². The number of hydrogen-bond donors (Lipinski definition) is 0. The summed E-state index contributed by atoms with van der Waals surface area (Å²) in [5, 5.41) is 0. The first-order chi connectivity index (χ1) is 8.40. The van der Waals surface area contributed by atoms with Crippen LogP contribution in [0, 0.1) is 0 Å². The fourth-order valence-corrected chi connectivity index (χ4v) is 2.72. The quantitative estimate of drug-likeness (QED) is 0.549. The molecule has 0 saturated carbocycles. The molecular weight excluding hydrogens is 230 g/mol.